The fraction of sp³-hybridized carbons (Fsp3) is 0.154. The number of pyridine rings is 1. The van der Waals surface area contributed by atoms with E-state index in [0.717, 1.165) is 5.56 Å². The second kappa shape index (κ2) is 6.21. The molecular weight excluding hydrogens is 298 g/mol. The summed E-state index contributed by atoms with van der Waals surface area (Å²) >= 11 is 5.86. The van der Waals surface area contributed by atoms with E-state index in [4.69, 9.17) is 11.6 Å². The van der Waals surface area contributed by atoms with Crippen LogP contribution in [0.4, 0.5) is 5.82 Å². The molecule has 20 heavy (non-hydrogen) atoms. The summed E-state index contributed by atoms with van der Waals surface area (Å²) in [6.45, 7) is 0.181. The normalized spacial score (nSPS) is 11.3. The molecule has 1 aromatic heterocycles. The zero-order chi connectivity index (χ0) is 14.6. The molecule has 0 radical (unpaired) electrons. The Labute approximate surface area is 123 Å². The molecule has 5 nitrogen and oxygen atoms in total. The first-order valence-electron chi connectivity index (χ1n) is 5.89. The van der Waals surface area contributed by atoms with Crippen molar-refractivity contribution < 1.29 is 8.42 Å². The van der Waals surface area contributed by atoms with E-state index >= 15 is 0 Å². The molecule has 0 spiro atoms. The molecule has 106 valence electrons. The van der Waals surface area contributed by atoms with Gasteiger partial charge in [0.1, 0.15) is 5.82 Å². The molecule has 2 rings (SSSR count). The highest BCUT2D eigenvalue weighted by molar-refractivity contribution is 7.89. The lowest BCUT2D eigenvalue weighted by Gasteiger charge is -2.08. The standard InChI is InChI=1S/C13H14ClN3O2S/c1-15-13-8-12(5-6-16-13)20(18,19)17-9-10-3-2-4-11(14)7-10/h2-8,17H,9H2,1H3,(H,15,16). The lowest BCUT2D eigenvalue weighted by atomic mass is 10.2. The molecule has 0 saturated carbocycles. The second-order valence-corrected chi connectivity index (χ2v) is 6.28. The summed E-state index contributed by atoms with van der Waals surface area (Å²) in [4.78, 5) is 4.15. The molecule has 0 aliphatic heterocycles. The summed E-state index contributed by atoms with van der Waals surface area (Å²) in [6.07, 6.45) is 1.44. The molecule has 7 heteroatoms. The topological polar surface area (TPSA) is 71.1 Å². The van der Waals surface area contributed by atoms with E-state index in [9.17, 15) is 8.42 Å². The van der Waals surface area contributed by atoms with Gasteiger partial charge in [0.25, 0.3) is 0 Å². The third-order valence-electron chi connectivity index (χ3n) is 2.65. The minimum absolute atomic E-state index is 0.166. The maximum absolute atomic E-state index is 12.2. The zero-order valence-corrected chi connectivity index (χ0v) is 12.4. The number of rotatable bonds is 5. The van der Waals surface area contributed by atoms with Gasteiger partial charge in [0.05, 0.1) is 4.90 Å². The van der Waals surface area contributed by atoms with Crippen molar-refractivity contribution in [2.24, 2.45) is 0 Å². The molecular formula is C13H14ClN3O2S. The van der Waals surface area contributed by atoms with Crippen LogP contribution in [0, 0.1) is 0 Å². The van der Waals surface area contributed by atoms with Crippen molar-refractivity contribution >= 4 is 27.4 Å². The number of nitrogens with zero attached hydrogens (tertiary/aromatic N) is 1. The molecule has 1 aromatic carbocycles. The second-order valence-electron chi connectivity index (χ2n) is 4.08. The Balaban J connectivity index is 2.15. The van der Waals surface area contributed by atoms with E-state index in [1.807, 2.05) is 0 Å². The van der Waals surface area contributed by atoms with Gasteiger partial charge in [-0.3, -0.25) is 0 Å². The number of hydrogen-bond acceptors (Lipinski definition) is 4. The highest BCUT2D eigenvalue weighted by Crippen LogP contribution is 2.14. The fourth-order valence-electron chi connectivity index (χ4n) is 1.62. The van der Waals surface area contributed by atoms with Gasteiger partial charge in [-0.1, -0.05) is 23.7 Å². The molecule has 2 N–H and O–H groups in total. The number of hydrogen-bond donors (Lipinski definition) is 2. The van der Waals surface area contributed by atoms with Crippen LogP contribution in [0.15, 0.2) is 47.5 Å². The Hall–Kier alpha value is -1.63. The molecule has 0 bridgehead atoms. The molecule has 1 heterocycles. The average molecular weight is 312 g/mol. The molecule has 0 amide bonds. The van der Waals surface area contributed by atoms with Gasteiger partial charge in [0, 0.05) is 30.9 Å². The first-order chi connectivity index (χ1) is 9.51. The SMILES string of the molecule is CNc1cc(S(=O)(=O)NCc2cccc(Cl)c2)ccn1. The van der Waals surface area contributed by atoms with E-state index in [1.54, 1.807) is 31.3 Å². The van der Waals surface area contributed by atoms with Crippen molar-refractivity contribution in [1.29, 1.82) is 0 Å². The third kappa shape index (κ3) is 3.69. The molecule has 0 unspecified atom stereocenters. The van der Waals surface area contributed by atoms with Gasteiger partial charge < -0.3 is 5.32 Å². The minimum atomic E-state index is -3.58. The van der Waals surface area contributed by atoms with Crippen LogP contribution < -0.4 is 10.0 Å². The first-order valence-corrected chi connectivity index (χ1v) is 7.75. The number of sulfonamides is 1. The van der Waals surface area contributed by atoms with Crippen LogP contribution in [-0.2, 0) is 16.6 Å². The predicted octanol–water partition coefficient (Wildman–Crippen LogP) is 2.26. The van der Waals surface area contributed by atoms with Gasteiger partial charge in [-0.25, -0.2) is 18.1 Å². The van der Waals surface area contributed by atoms with Crippen molar-refractivity contribution in [2.45, 2.75) is 11.4 Å². The quantitative estimate of drug-likeness (QED) is 0.888. The predicted molar refractivity (Wildman–Crippen MR) is 79.3 cm³/mol. The molecule has 0 atom stereocenters. The van der Waals surface area contributed by atoms with E-state index < -0.39 is 10.0 Å². The van der Waals surface area contributed by atoms with Gasteiger partial charge in [0.2, 0.25) is 10.0 Å². The van der Waals surface area contributed by atoms with E-state index in [-0.39, 0.29) is 11.4 Å². The van der Waals surface area contributed by atoms with Crippen molar-refractivity contribution in [3.05, 3.63) is 53.2 Å². The van der Waals surface area contributed by atoms with Crippen LogP contribution in [0.25, 0.3) is 0 Å². The third-order valence-corrected chi connectivity index (χ3v) is 4.29. The van der Waals surface area contributed by atoms with Crippen LogP contribution in [-0.4, -0.2) is 20.4 Å². The van der Waals surface area contributed by atoms with Crippen LogP contribution in [0.2, 0.25) is 5.02 Å². The highest BCUT2D eigenvalue weighted by Gasteiger charge is 2.14. The van der Waals surface area contributed by atoms with Gasteiger partial charge in [-0.2, -0.15) is 0 Å². The smallest absolute Gasteiger partial charge is 0.241 e. The monoisotopic (exact) mass is 311 g/mol. The number of halogens is 1. The van der Waals surface area contributed by atoms with Crippen LogP contribution in [0.3, 0.4) is 0 Å². The fourth-order valence-corrected chi connectivity index (χ4v) is 2.87. The number of nitrogens with one attached hydrogen (secondary N) is 2. The molecule has 0 aliphatic rings. The lowest BCUT2D eigenvalue weighted by Crippen LogP contribution is -2.23. The van der Waals surface area contributed by atoms with Crippen LogP contribution >= 0.6 is 11.6 Å². The van der Waals surface area contributed by atoms with Gasteiger partial charge >= 0.3 is 0 Å². The van der Waals surface area contributed by atoms with Crippen LogP contribution in [0.1, 0.15) is 5.56 Å². The Morgan fingerprint density at radius 3 is 2.75 bits per heavy atom. The largest absolute Gasteiger partial charge is 0.373 e. The van der Waals surface area contributed by atoms with Crippen LogP contribution in [0.5, 0.6) is 0 Å². The Kier molecular flexibility index (Phi) is 4.59. The molecule has 2 aromatic rings. The summed E-state index contributed by atoms with van der Waals surface area (Å²) in [5, 5.41) is 3.37. The number of benzene rings is 1. The molecule has 0 saturated heterocycles. The minimum Gasteiger partial charge on any atom is -0.373 e. The van der Waals surface area contributed by atoms with Gasteiger partial charge in [0.15, 0.2) is 0 Å². The Morgan fingerprint density at radius 2 is 2.05 bits per heavy atom. The van der Waals surface area contributed by atoms with Crippen molar-refractivity contribution in [3.8, 4) is 0 Å². The summed E-state index contributed by atoms with van der Waals surface area (Å²) in [5.41, 5.74) is 0.795. The number of aromatic nitrogens is 1. The molecule has 0 fully saturated rings. The lowest BCUT2D eigenvalue weighted by molar-refractivity contribution is 0.581. The Morgan fingerprint density at radius 1 is 1.25 bits per heavy atom. The maximum atomic E-state index is 12.2. The molecule has 0 aliphatic carbocycles. The van der Waals surface area contributed by atoms with E-state index in [0.29, 0.717) is 10.8 Å². The van der Waals surface area contributed by atoms with Crippen molar-refractivity contribution in [3.63, 3.8) is 0 Å². The highest BCUT2D eigenvalue weighted by atomic mass is 35.5. The first kappa shape index (κ1) is 14.8. The average Bonchev–Trinajstić information content (AvgIpc) is 2.45. The zero-order valence-electron chi connectivity index (χ0n) is 10.8. The van der Waals surface area contributed by atoms with Gasteiger partial charge in [-0.15, -0.1) is 0 Å². The summed E-state index contributed by atoms with van der Waals surface area (Å²) in [7, 11) is -1.90. The van der Waals surface area contributed by atoms with E-state index in [1.165, 1.54) is 18.3 Å². The Bertz CT molecular complexity index is 704. The van der Waals surface area contributed by atoms with E-state index in [2.05, 4.69) is 15.0 Å². The maximum Gasteiger partial charge on any atom is 0.241 e. The van der Waals surface area contributed by atoms with Gasteiger partial charge in [-0.05, 0) is 23.8 Å². The summed E-state index contributed by atoms with van der Waals surface area (Å²) < 4.78 is 26.8. The van der Waals surface area contributed by atoms with Crippen molar-refractivity contribution in [2.75, 3.05) is 12.4 Å². The number of anilines is 1. The summed E-state index contributed by atoms with van der Waals surface area (Å²) in [5.74, 6) is 0.496. The van der Waals surface area contributed by atoms with Crippen molar-refractivity contribution in [1.82, 2.24) is 9.71 Å². The summed E-state index contributed by atoms with van der Waals surface area (Å²) in [6, 6.07) is 9.95.